The van der Waals surface area contributed by atoms with Crippen molar-refractivity contribution in [1.29, 1.82) is 0 Å². The fourth-order valence-corrected chi connectivity index (χ4v) is 4.08. The molecule has 0 aromatic heterocycles. The van der Waals surface area contributed by atoms with Crippen LogP contribution in [0.25, 0.3) is 0 Å². The highest BCUT2D eigenvalue weighted by Crippen LogP contribution is 2.12. The first-order chi connectivity index (χ1) is 13.8. The third kappa shape index (κ3) is 8.05. The van der Waals surface area contributed by atoms with Crippen LogP contribution < -0.4 is 5.32 Å². The van der Waals surface area contributed by atoms with Crippen molar-refractivity contribution in [3.8, 4) is 0 Å². The molecule has 0 radical (unpaired) electrons. The second-order valence-electron chi connectivity index (χ2n) is 7.88. The Morgan fingerprint density at radius 2 is 1.86 bits per heavy atom. The molecule has 1 N–H and O–H groups in total. The van der Waals surface area contributed by atoms with E-state index >= 15 is 0 Å². The van der Waals surface area contributed by atoms with E-state index in [1.54, 1.807) is 0 Å². The van der Waals surface area contributed by atoms with E-state index in [-0.39, 0.29) is 24.0 Å². The zero-order valence-corrected chi connectivity index (χ0v) is 20.2. The highest BCUT2D eigenvalue weighted by Gasteiger charge is 2.24. The van der Waals surface area contributed by atoms with Crippen molar-refractivity contribution in [2.45, 2.75) is 39.0 Å². The molecule has 8 heteroatoms. The van der Waals surface area contributed by atoms with Gasteiger partial charge < -0.3 is 19.9 Å². The second-order valence-corrected chi connectivity index (χ2v) is 7.88. The number of aliphatic imine (C=N–C) groups is 1. The number of halogens is 1. The lowest BCUT2D eigenvalue weighted by molar-refractivity contribution is -0.133. The Bertz CT molecular complexity index is 555. The number of nitrogens with one attached hydrogen (secondary N) is 1. The molecular weight excluding hydrogens is 481 g/mol. The van der Waals surface area contributed by atoms with E-state index in [1.807, 2.05) is 4.90 Å². The number of hydrogen-bond donors (Lipinski definition) is 1. The first-order valence-corrected chi connectivity index (χ1v) is 11.1. The number of piperazine rings is 1. The Morgan fingerprint density at radius 3 is 2.52 bits per heavy atom. The van der Waals surface area contributed by atoms with E-state index in [4.69, 9.17) is 9.73 Å². The van der Waals surface area contributed by atoms with E-state index < -0.39 is 0 Å². The van der Waals surface area contributed by atoms with Crippen molar-refractivity contribution in [1.82, 2.24) is 20.0 Å². The number of piperidine rings is 1. The molecule has 29 heavy (non-hydrogen) atoms. The number of hydrogen-bond acceptors (Lipinski definition) is 4. The fourth-order valence-electron chi connectivity index (χ4n) is 4.08. The van der Waals surface area contributed by atoms with Gasteiger partial charge in [0.15, 0.2) is 5.96 Å². The number of rotatable bonds is 6. The second kappa shape index (κ2) is 13.4. The smallest absolute Gasteiger partial charge is 0.236 e. The molecule has 0 spiro atoms. The average molecular weight is 519 g/mol. The van der Waals surface area contributed by atoms with E-state index in [0.29, 0.717) is 12.5 Å². The first kappa shape index (κ1) is 24.4. The molecule has 3 aliphatic heterocycles. The lowest BCUT2D eigenvalue weighted by Crippen LogP contribution is -2.54. The molecule has 0 atom stereocenters. The summed E-state index contributed by atoms with van der Waals surface area (Å²) >= 11 is 0. The van der Waals surface area contributed by atoms with Crippen molar-refractivity contribution in [2.24, 2.45) is 4.99 Å². The number of amides is 1. The summed E-state index contributed by atoms with van der Waals surface area (Å²) in [5, 5.41) is 3.44. The maximum absolute atomic E-state index is 12.5. The predicted molar refractivity (Wildman–Crippen MR) is 128 cm³/mol. The molecule has 2 saturated heterocycles. The summed E-state index contributed by atoms with van der Waals surface area (Å²) in [7, 11) is 0. The number of likely N-dealkylation sites (tertiary alicyclic amines) is 1. The molecule has 3 aliphatic rings. The van der Waals surface area contributed by atoms with E-state index in [1.165, 1.54) is 12.0 Å². The van der Waals surface area contributed by atoms with E-state index in [0.717, 1.165) is 97.2 Å². The van der Waals surface area contributed by atoms with Crippen LogP contribution in [-0.2, 0) is 9.53 Å². The summed E-state index contributed by atoms with van der Waals surface area (Å²) in [6, 6.07) is 0. The fraction of sp³-hybridized carbons (Fsp3) is 0.810. The van der Waals surface area contributed by atoms with Gasteiger partial charge in [-0.2, -0.15) is 0 Å². The molecule has 0 bridgehead atoms. The molecule has 3 heterocycles. The summed E-state index contributed by atoms with van der Waals surface area (Å²) < 4.78 is 5.37. The van der Waals surface area contributed by atoms with Crippen molar-refractivity contribution >= 4 is 35.8 Å². The molecule has 0 aromatic rings. The average Bonchev–Trinajstić information content (AvgIpc) is 2.75. The topological polar surface area (TPSA) is 60.4 Å². The minimum Gasteiger partial charge on any atom is -0.377 e. The highest BCUT2D eigenvalue weighted by atomic mass is 127. The van der Waals surface area contributed by atoms with E-state index in [9.17, 15) is 4.79 Å². The van der Waals surface area contributed by atoms with Crippen molar-refractivity contribution in [3.05, 3.63) is 11.6 Å². The van der Waals surface area contributed by atoms with Gasteiger partial charge in [-0.1, -0.05) is 11.6 Å². The van der Waals surface area contributed by atoms with Crippen LogP contribution in [0.4, 0.5) is 0 Å². The van der Waals surface area contributed by atoms with Gasteiger partial charge in [-0.25, -0.2) is 0 Å². The maximum atomic E-state index is 12.5. The number of ether oxygens (including phenoxy) is 1. The quantitative estimate of drug-likeness (QED) is 0.252. The lowest BCUT2D eigenvalue weighted by Gasteiger charge is -2.37. The molecule has 0 aliphatic carbocycles. The van der Waals surface area contributed by atoms with Crippen LogP contribution in [0.15, 0.2) is 16.6 Å². The van der Waals surface area contributed by atoms with Gasteiger partial charge in [0.05, 0.1) is 19.8 Å². The van der Waals surface area contributed by atoms with Crippen LogP contribution in [0.3, 0.4) is 0 Å². The van der Waals surface area contributed by atoms with Gasteiger partial charge in [0.25, 0.3) is 0 Å². The van der Waals surface area contributed by atoms with Gasteiger partial charge in [-0.3, -0.25) is 14.7 Å². The zero-order valence-electron chi connectivity index (χ0n) is 17.9. The third-order valence-corrected chi connectivity index (χ3v) is 5.83. The number of nitrogens with zero attached hydrogens (tertiary/aromatic N) is 4. The van der Waals surface area contributed by atoms with Crippen molar-refractivity contribution in [2.75, 3.05) is 72.1 Å². The predicted octanol–water partition coefficient (Wildman–Crippen LogP) is 1.94. The normalized spacial score (nSPS) is 21.4. The van der Waals surface area contributed by atoms with Gasteiger partial charge in [0.1, 0.15) is 0 Å². The molecule has 1 amide bonds. The van der Waals surface area contributed by atoms with Gasteiger partial charge >= 0.3 is 0 Å². The largest absolute Gasteiger partial charge is 0.377 e. The van der Waals surface area contributed by atoms with Crippen LogP contribution in [-0.4, -0.2) is 98.7 Å². The number of carbonyl (C=O) groups excluding carboxylic acids is 1. The monoisotopic (exact) mass is 519 g/mol. The maximum Gasteiger partial charge on any atom is 0.236 e. The summed E-state index contributed by atoms with van der Waals surface area (Å²) in [5.41, 5.74) is 1.46. The van der Waals surface area contributed by atoms with Crippen molar-refractivity contribution < 1.29 is 9.53 Å². The van der Waals surface area contributed by atoms with Crippen LogP contribution >= 0.6 is 24.0 Å². The molecule has 166 valence electrons. The summed E-state index contributed by atoms with van der Waals surface area (Å²) in [4.78, 5) is 24.0. The summed E-state index contributed by atoms with van der Waals surface area (Å²) in [5.74, 6) is 1.32. The van der Waals surface area contributed by atoms with Gasteiger partial charge in [0, 0.05) is 52.4 Å². The Hall–Kier alpha value is -0.870. The lowest BCUT2D eigenvalue weighted by atomic mass is 10.1. The van der Waals surface area contributed by atoms with Gasteiger partial charge in [-0.15, -0.1) is 24.0 Å². The Morgan fingerprint density at radius 1 is 1.10 bits per heavy atom. The standard InChI is InChI=1S/C21H37N5O2.HI/c1-2-22-21(23-9-6-19-7-16-28-17-8-19)26-14-12-24(13-15-26)18-20(27)25-10-4-3-5-11-25;/h7H,2-6,8-18H2,1H3,(H,22,23);1H. The molecular formula is C21H38IN5O2. The molecule has 0 aromatic carbocycles. The van der Waals surface area contributed by atoms with Crippen molar-refractivity contribution in [3.63, 3.8) is 0 Å². The Balaban J connectivity index is 0.00000300. The van der Waals surface area contributed by atoms with Crippen LogP contribution in [0.2, 0.25) is 0 Å². The summed E-state index contributed by atoms with van der Waals surface area (Å²) in [6.45, 7) is 11.6. The van der Waals surface area contributed by atoms with E-state index in [2.05, 4.69) is 28.1 Å². The van der Waals surface area contributed by atoms with Gasteiger partial charge in [-0.05, 0) is 39.0 Å². The molecule has 2 fully saturated rings. The summed E-state index contributed by atoms with van der Waals surface area (Å²) in [6.07, 6.45) is 7.83. The minimum atomic E-state index is 0. The van der Waals surface area contributed by atoms with Gasteiger partial charge in [0.2, 0.25) is 5.91 Å². The number of carbonyl (C=O) groups is 1. The molecule has 3 rings (SSSR count). The molecule has 7 nitrogen and oxygen atoms in total. The van der Waals surface area contributed by atoms with Crippen LogP contribution in [0.1, 0.15) is 39.0 Å². The third-order valence-electron chi connectivity index (χ3n) is 5.83. The number of guanidine groups is 1. The zero-order chi connectivity index (χ0) is 19.6. The SMILES string of the molecule is CCNC(=NCCC1=CCOCC1)N1CCN(CC(=O)N2CCCCC2)CC1.I. The Labute approximate surface area is 192 Å². The molecule has 0 unspecified atom stereocenters. The Kier molecular flexibility index (Phi) is 11.3. The van der Waals surface area contributed by atoms with Crippen LogP contribution in [0.5, 0.6) is 0 Å². The minimum absolute atomic E-state index is 0. The highest BCUT2D eigenvalue weighted by molar-refractivity contribution is 14.0. The first-order valence-electron chi connectivity index (χ1n) is 11.1. The van der Waals surface area contributed by atoms with Crippen LogP contribution in [0, 0.1) is 0 Å². The molecule has 0 saturated carbocycles.